The molecule has 30 heavy (non-hydrogen) atoms. The van der Waals surface area contributed by atoms with Gasteiger partial charge >= 0.3 is 0 Å². The zero-order valence-electron chi connectivity index (χ0n) is 17.5. The fraction of sp³-hybridized carbons (Fsp3) is 0.333. The van der Waals surface area contributed by atoms with Crippen molar-refractivity contribution in [3.8, 4) is 0 Å². The van der Waals surface area contributed by atoms with Crippen molar-refractivity contribution in [3.63, 3.8) is 0 Å². The number of hydrogen-bond acceptors (Lipinski definition) is 4. The summed E-state index contributed by atoms with van der Waals surface area (Å²) < 4.78 is 0. The molecule has 4 rings (SSSR count). The predicted octanol–water partition coefficient (Wildman–Crippen LogP) is 4.70. The SMILES string of the molecule is CNC(=O)CN1c2ccccc2NC2=C(C(=O)CC(C)(C)C2)C1c1ccc(Cl)cc1. The van der Waals surface area contributed by atoms with Gasteiger partial charge in [0.1, 0.15) is 0 Å². The first-order valence-electron chi connectivity index (χ1n) is 10.1. The van der Waals surface area contributed by atoms with Crippen LogP contribution in [-0.2, 0) is 9.59 Å². The van der Waals surface area contributed by atoms with Gasteiger partial charge in [0.25, 0.3) is 0 Å². The number of likely N-dealkylation sites (N-methyl/N-ethyl adjacent to an activating group) is 1. The van der Waals surface area contributed by atoms with Gasteiger partial charge in [0.2, 0.25) is 5.91 Å². The number of halogens is 1. The third kappa shape index (κ3) is 3.82. The Labute approximate surface area is 182 Å². The normalized spacial score (nSPS) is 20.1. The third-order valence-electron chi connectivity index (χ3n) is 5.78. The van der Waals surface area contributed by atoms with E-state index in [0.29, 0.717) is 11.4 Å². The molecule has 0 saturated carbocycles. The third-order valence-corrected chi connectivity index (χ3v) is 6.03. The molecule has 0 saturated heterocycles. The second kappa shape index (κ2) is 7.80. The Balaban J connectivity index is 1.96. The number of nitrogens with one attached hydrogen (secondary N) is 2. The maximum absolute atomic E-state index is 13.4. The Morgan fingerprint density at radius 2 is 1.87 bits per heavy atom. The molecule has 2 aromatic carbocycles. The van der Waals surface area contributed by atoms with Crippen LogP contribution >= 0.6 is 11.6 Å². The molecule has 1 aliphatic heterocycles. The number of ketones is 1. The van der Waals surface area contributed by atoms with Crippen molar-refractivity contribution in [3.05, 3.63) is 70.4 Å². The van der Waals surface area contributed by atoms with Gasteiger partial charge in [-0.05, 0) is 41.7 Å². The van der Waals surface area contributed by atoms with Crippen LogP contribution in [0.4, 0.5) is 11.4 Å². The molecular weight excluding hydrogens is 398 g/mol. The molecule has 1 aliphatic carbocycles. The summed E-state index contributed by atoms with van der Waals surface area (Å²) in [6.07, 6.45) is 1.24. The lowest BCUT2D eigenvalue weighted by Crippen LogP contribution is -2.41. The molecule has 0 radical (unpaired) electrons. The van der Waals surface area contributed by atoms with Crippen LogP contribution in [0.1, 0.15) is 38.3 Å². The van der Waals surface area contributed by atoms with Crippen LogP contribution in [0.15, 0.2) is 59.8 Å². The minimum atomic E-state index is -0.380. The number of fused-ring (bicyclic) bond motifs is 1. The van der Waals surface area contributed by atoms with Gasteiger partial charge < -0.3 is 15.5 Å². The smallest absolute Gasteiger partial charge is 0.239 e. The van der Waals surface area contributed by atoms with Crippen LogP contribution in [0.2, 0.25) is 5.02 Å². The average Bonchev–Trinajstić information content (AvgIpc) is 2.82. The van der Waals surface area contributed by atoms with E-state index in [1.165, 1.54) is 0 Å². The first kappa shape index (κ1) is 20.5. The van der Waals surface area contributed by atoms with Gasteiger partial charge in [-0.3, -0.25) is 9.59 Å². The second-order valence-electron chi connectivity index (χ2n) is 8.73. The van der Waals surface area contributed by atoms with Gasteiger partial charge in [-0.15, -0.1) is 0 Å². The van der Waals surface area contributed by atoms with Crippen molar-refractivity contribution in [1.29, 1.82) is 0 Å². The molecule has 2 N–H and O–H groups in total. The summed E-state index contributed by atoms with van der Waals surface area (Å²) in [5.74, 6) is -0.000169. The molecule has 0 fully saturated rings. The number of allylic oxidation sites excluding steroid dienone is 1. The number of benzene rings is 2. The lowest BCUT2D eigenvalue weighted by atomic mass is 9.73. The van der Waals surface area contributed by atoms with E-state index in [2.05, 4.69) is 24.5 Å². The highest BCUT2D eigenvalue weighted by Crippen LogP contribution is 2.48. The molecule has 1 amide bonds. The summed E-state index contributed by atoms with van der Waals surface area (Å²) in [5, 5.41) is 6.89. The molecule has 2 aliphatic rings. The van der Waals surface area contributed by atoms with Gasteiger partial charge in [-0.1, -0.05) is 49.7 Å². The number of para-hydroxylation sites is 2. The quantitative estimate of drug-likeness (QED) is 0.751. The molecule has 0 bridgehead atoms. The number of carbonyl (C=O) groups excluding carboxylic acids is 2. The monoisotopic (exact) mass is 423 g/mol. The minimum Gasteiger partial charge on any atom is -0.358 e. The summed E-state index contributed by atoms with van der Waals surface area (Å²) in [4.78, 5) is 27.9. The van der Waals surface area contributed by atoms with E-state index in [1.807, 2.05) is 53.4 Å². The van der Waals surface area contributed by atoms with E-state index >= 15 is 0 Å². The van der Waals surface area contributed by atoms with Crippen molar-refractivity contribution in [2.45, 2.75) is 32.7 Å². The zero-order chi connectivity index (χ0) is 21.5. The van der Waals surface area contributed by atoms with Crippen molar-refractivity contribution in [2.75, 3.05) is 23.8 Å². The topological polar surface area (TPSA) is 61.4 Å². The summed E-state index contributed by atoms with van der Waals surface area (Å²) >= 11 is 6.14. The second-order valence-corrected chi connectivity index (χ2v) is 9.17. The molecule has 1 atom stereocenters. The number of anilines is 2. The molecule has 1 heterocycles. The number of nitrogens with zero attached hydrogens (tertiary/aromatic N) is 1. The highest BCUT2D eigenvalue weighted by Gasteiger charge is 2.41. The van der Waals surface area contributed by atoms with Gasteiger partial charge in [0, 0.05) is 29.8 Å². The van der Waals surface area contributed by atoms with Gasteiger partial charge in [0.15, 0.2) is 5.78 Å². The number of carbonyl (C=O) groups is 2. The van der Waals surface area contributed by atoms with E-state index in [0.717, 1.165) is 34.6 Å². The Hall–Kier alpha value is -2.79. The Kier molecular flexibility index (Phi) is 5.33. The number of hydrogen-bond donors (Lipinski definition) is 2. The summed E-state index contributed by atoms with van der Waals surface area (Å²) in [6, 6.07) is 15.1. The fourth-order valence-electron chi connectivity index (χ4n) is 4.45. The molecule has 1 unspecified atom stereocenters. The van der Waals surface area contributed by atoms with Gasteiger partial charge in [-0.2, -0.15) is 0 Å². The van der Waals surface area contributed by atoms with Crippen LogP contribution in [0.5, 0.6) is 0 Å². The maximum atomic E-state index is 13.4. The van der Waals surface area contributed by atoms with E-state index in [4.69, 9.17) is 11.6 Å². The standard InChI is InChI=1S/C24H26ClN3O2/c1-24(2)12-18-22(20(29)13-24)23(15-8-10-16(25)11-9-15)28(14-21(30)26-3)19-7-5-4-6-17(19)27-18/h4-11,23,27H,12-14H2,1-3H3,(H,26,30). The average molecular weight is 424 g/mol. The Morgan fingerprint density at radius 1 is 1.17 bits per heavy atom. The molecule has 156 valence electrons. The first-order chi connectivity index (χ1) is 14.3. The molecule has 0 spiro atoms. The van der Waals surface area contributed by atoms with E-state index < -0.39 is 0 Å². The van der Waals surface area contributed by atoms with Crippen molar-refractivity contribution >= 4 is 34.7 Å². The molecule has 6 heteroatoms. The first-order valence-corrected chi connectivity index (χ1v) is 10.5. The van der Waals surface area contributed by atoms with Gasteiger partial charge in [-0.25, -0.2) is 0 Å². The van der Waals surface area contributed by atoms with Gasteiger partial charge in [0.05, 0.1) is 24.0 Å². The molecule has 2 aromatic rings. The predicted molar refractivity (Wildman–Crippen MR) is 121 cm³/mol. The molecule has 0 aromatic heterocycles. The number of rotatable bonds is 3. The van der Waals surface area contributed by atoms with Crippen LogP contribution in [0.3, 0.4) is 0 Å². The van der Waals surface area contributed by atoms with Crippen LogP contribution < -0.4 is 15.5 Å². The van der Waals surface area contributed by atoms with Crippen molar-refractivity contribution in [2.24, 2.45) is 5.41 Å². The van der Waals surface area contributed by atoms with E-state index in [-0.39, 0.29) is 29.7 Å². The maximum Gasteiger partial charge on any atom is 0.239 e. The van der Waals surface area contributed by atoms with Crippen molar-refractivity contribution < 1.29 is 9.59 Å². The largest absolute Gasteiger partial charge is 0.358 e. The van der Waals surface area contributed by atoms with Crippen molar-refractivity contribution in [1.82, 2.24) is 5.32 Å². The molecular formula is C24H26ClN3O2. The number of Topliss-reactive ketones (excluding diaryl/α,β-unsaturated/α-hetero) is 1. The van der Waals surface area contributed by atoms with Crippen LogP contribution in [0.25, 0.3) is 0 Å². The zero-order valence-corrected chi connectivity index (χ0v) is 18.2. The summed E-state index contributed by atoms with van der Waals surface area (Å²) in [5.41, 5.74) is 4.26. The Morgan fingerprint density at radius 3 is 2.57 bits per heavy atom. The lowest BCUT2D eigenvalue weighted by molar-refractivity contribution is -0.120. The lowest BCUT2D eigenvalue weighted by Gasteiger charge is -2.37. The summed E-state index contributed by atoms with van der Waals surface area (Å²) in [7, 11) is 1.63. The fourth-order valence-corrected chi connectivity index (χ4v) is 4.58. The van der Waals surface area contributed by atoms with Crippen LogP contribution in [-0.4, -0.2) is 25.3 Å². The Bertz CT molecular complexity index is 1030. The number of amides is 1. The van der Waals surface area contributed by atoms with Crippen LogP contribution in [0, 0.1) is 5.41 Å². The van der Waals surface area contributed by atoms with E-state index in [9.17, 15) is 9.59 Å². The highest BCUT2D eigenvalue weighted by atomic mass is 35.5. The minimum absolute atomic E-state index is 0.114. The highest BCUT2D eigenvalue weighted by molar-refractivity contribution is 6.30. The molecule has 5 nitrogen and oxygen atoms in total. The summed E-state index contributed by atoms with van der Waals surface area (Å²) in [6.45, 7) is 4.37. The van der Waals surface area contributed by atoms with E-state index in [1.54, 1.807) is 7.05 Å².